The SMILES string of the molecule is CCCCCCCCCCCCCCCC[N+](CCC)(CCC)CCC[Si](OC)(OC)OC.[Cl-]. The van der Waals surface area contributed by atoms with Gasteiger partial charge in [0.15, 0.2) is 0 Å². The second-order valence-corrected chi connectivity index (χ2v) is 13.3. The van der Waals surface area contributed by atoms with Crippen LogP contribution in [0.25, 0.3) is 0 Å². The maximum atomic E-state index is 5.65. The second kappa shape index (κ2) is 25.0. The van der Waals surface area contributed by atoms with Crippen LogP contribution in [-0.4, -0.2) is 60.8 Å². The van der Waals surface area contributed by atoms with E-state index in [1.165, 1.54) is 133 Å². The zero-order valence-electron chi connectivity index (χ0n) is 24.1. The summed E-state index contributed by atoms with van der Waals surface area (Å²) in [4.78, 5) is 0. The molecule has 0 radical (unpaired) electrons. The third-order valence-corrected chi connectivity index (χ3v) is 10.3. The molecule has 6 heteroatoms. The van der Waals surface area contributed by atoms with Gasteiger partial charge in [-0.1, -0.05) is 97.8 Å². The highest BCUT2D eigenvalue weighted by Gasteiger charge is 2.38. The van der Waals surface area contributed by atoms with Crippen molar-refractivity contribution in [3.63, 3.8) is 0 Å². The van der Waals surface area contributed by atoms with Crippen LogP contribution in [0.4, 0.5) is 0 Å². The molecule has 0 saturated heterocycles. The van der Waals surface area contributed by atoms with Gasteiger partial charge >= 0.3 is 8.80 Å². The first-order chi connectivity index (χ1) is 16.1. The Labute approximate surface area is 222 Å². The summed E-state index contributed by atoms with van der Waals surface area (Å²) in [5.74, 6) is 0. The van der Waals surface area contributed by atoms with Gasteiger partial charge in [-0.25, -0.2) is 0 Å². The van der Waals surface area contributed by atoms with Crippen LogP contribution in [0.5, 0.6) is 0 Å². The predicted molar refractivity (Wildman–Crippen MR) is 147 cm³/mol. The largest absolute Gasteiger partial charge is 1.00 e. The van der Waals surface area contributed by atoms with Crippen LogP contribution in [0.3, 0.4) is 0 Å². The first-order valence-electron chi connectivity index (χ1n) is 14.6. The molecule has 0 atom stereocenters. The molecule has 0 N–H and O–H groups in total. The van der Waals surface area contributed by atoms with Crippen LogP contribution in [0.1, 0.15) is 130 Å². The van der Waals surface area contributed by atoms with E-state index in [9.17, 15) is 0 Å². The fourth-order valence-electron chi connectivity index (χ4n) is 5.45. The number of unbranched alkanes of at least 4 members (excludes halogenated alkanes) is 13. The molecule has 0 aliphatic rings. The van der Waals surface area contributed by atoms with E-state index < -0.39 is 8.80 Å². The van der Waals surface area contributed by atoms with Gasteiger partial charge in [0, 0.05) is 33.8 Å². The topological polar surface area (TPSA) is 27.7 Å². The summed E-state index contributed by atoms with van der Waals surface area (Å²) in [7, 11) is 2.74. The smallest absolute Gasteiger partial charge is 0.500 e. The lowest BCUT2D eigenvalue weighted by molar-refractivity contribution is -0.928. The van der Waals surface area contributed by atoms with E-state index in [1.54, 1.807) is 21.3 Å². The molecule has 0 aromatic carbocycles. The highest BCUT2D eigenvalue weighted by Crippen LogP contribution is 2.21. The van der Waals surface area contributed by atoms with Crippen molar-refractivity contribution in [2.45, 2.75) is 136 Å². The molecule has 0 spiro atoms. The molecule has 0 fully saturated rings. The Morgan fingerprint density at radius 1 is 0.441 bits per heavy atom. The van der Waals surface area contributed by atoms with Crippen molar-refractivity contribution in [3.05, 3.63) is 0 Å². The third kappa shape index (κ3) is 17.7. The Morgan fingerprint density at radius 2 is 0.794 bits per heavy atom. The molecule has 208 valence electrons. The fraction of sp³-hybridized carbons (Fsp3) is 1.00. The zero-order chi connectivity index (χ0) is 24.7. The van der Waals surface area contributed by atoms with E-state index in [1.807, 2.05) is 0 Å². The molecule has 0 aliphatic carbocycles. The second-order valence-electron chi connectivity index (χ2n) is 10.2. The van der Waals surface area contributed by atoms with E-state index in [0.717, 1.165) is 12.5 Å². The van der Waals surface area contributed by atoms with E-state index >= 15 is 0 Å². The van der Waals surface area contributed by atoms with Crippen LogP contribution < -0.4 is 12.4 Å². The van der Waals surface area contributed by atoms with Gasteiger partial charge in [-0.05, 0) is 25.7 Å². The molecule has 0 aromatic rings. The molecule has 0 aliphatic heterocycles. The average molecular weight is 524 g/mol. The summed E-state index contributed by atoms with van der Waals surface area (Å²) in [6.07, 6.45) is 23.7. The minimum Gasteiger partial charge on any atom is -1.00 e. The molecule has 4 nitrogen and oxygen atoms in total. The van der Waals surface area contributed by atoms with Gasteiger partial charge in [-0.2, -0.15) is 0 Å². The van der Waals surface area contributed by atoms with Crippen LogP contribution >= 0.6 is 0 Å². The molecule has 0 rings (SSSR count). The lowest BCUT2D eigenvalue weighted by Gasteiger charge is -2.39. The Balaban J connectivity index is 0. The standard InChI is InChI=1S/C28H62NO3Si.ClH/c1-7-10-11-12-13-14-15-16-17-18-19-20-21-22-26-29(24-8-2,25-9-3)27-23-28-33(30-4,31-5)32-6;/h7-28H2,1-6H3;1H/q+1;/p-1. The lowest BCUT2D eigenvalue weighted by Crippen LogP contribution is -3.00. The van der Waals surface area contributed by atoms with Gasteiger partial charge in [-0.15, -0.1) is 0 Å². The van der Waals surface area contributed by atoms with Crippen LogP contribution in [0.15, 0.2) is 0 Å². The molecule has 0 saturated carbocycles. The summed E-state index contributed by atoms with van der Waals surface area (Å²) in [6, 6.07) is 0.919. The number of quaternary nitrogens is 1. The molecule has 0 unspecified atom stereocenters. The Morgan fingerprint density at radius 3 is 1.15 bits per heavy atom. The predicted octanol–water partition coefficient (Wildman–Crippen LogP) is 5.38. The maximum absolute atomic E-state index is 5.65. The zero-order valence-corrected chi connectivity index (χ0v) is 25.9. The fourth-order valence-corrected chi connectivity index (χ4v) is 7.15. The van der Waals surface area contributed by atoms with Crippen molar-refractivity contribution in [2.24, 2.45) is 0 Å². The van der Waals surface area contributed by atoms with Gasteiger partial charge in [-0.3, -0.25) is 0 Å². The molecule has 0 heterocycles. The van der Waals surface area contributed by atoms with Gasteiger partial charge in [0.2, 0.25) is 0 Å². The van der Waals surface area contributed by atoms with Crippen molar-refractivity contribution in [1.29, 1.82) is 0 Å². The number of hydrogen-bond acceptors (Lipinski definition) is 3. The first-order valence-corrected chi connectivity index (χ1v) is 16.5. The van der Waals surface area contributed by atoms with E-state index in [4.69, 9.17) is 13.3 Å². The minimum atomic E-state index is -2.45. The molecular weight excluding hydrogens is 462 g/mol. The van der Waals surface area contributed by atoms with Crippen LogP contribution in [0, 0.1) is 0 Å². The van der Waals surface area contributed by atoms with Crippen molar-refractivity contribution >= 4 is 8.80 Å². The van der Waals surface area contributed by atoms with Gasteiger partial charge in [0.1, 0.15) is 0 Å². The van der Waals surface area contributed by atoms with Crippen molar-refractivity contribution < 1.29 is 30.2 Å². The Kier molecular flexibility index (Phi) is 26.9. The monoisotopic (exact) mass is 523 g/mol. The summed E-state index contributed by atoms with van der Waals surface area (Å²) < 4.78 is 18.2. The van der Waals surface area contributed by atoms with Crippen molar-refractivity contribution in [1.82, 2.24) is 0 Å². The molecule has 0 bridgehead atoms. The molecule has 0 aromatic heterocycles. The number of halogens is 1. The van der Waals surface area contributed by atoms with Crippen LogP contribution in [-0.2, 0) is 13.3 Å². The minimum absolute atomic E-state index is 0. The van der Waals surface area contributed by atoms with E-state index in [2.05, 4.69) is 20.8 Å². The van der Waals surface area contributed by atoms with Crippen molar-refractivity contribution in [3.8, 4) is 0 Å². The maximum Gasteiger partial charge on any atom is 0.500 e. The molecular formula is C28H62ClNO3Si. The lowest BCUT2D eigenvalue weighted by atomic mass is 10.0. The number of hydrogen-bond donors (Lipinski definition) is 0. The summed E-state index contributed by atoms with van der Waals surface area (Å²) >= 11 is 0. The van der Waals surface area contributed by atoms with Gasteiger partial charge < -0.3 is 30.2 Å². The quantitative estimate of drug-likeness (QED) is 0.0865. The Hall–Kier alpha value is 0.347. The summed E-state index contributed by atoms with van der Waals surface area (Å²) in [5, 5.41) is 0. The van der Waals surface area contributed by atoms with E-state index in [0.29, 0.717) is 0 Å². The number of nitrogens with zero attached hydrogens (tertiary/aromatic N) is 1. The highest BCUT2D eigenvalue weighted by atomic mass is 35.5. The number of rotatable bonds is 26. The van der Waals surface area contributed by atoms with Crippen LogP contribution in [0.2, 0.25) is 6.04 Å². The van der Waals surface area contributed by atoms with E-state index in [-0.39, 0.29) is 12.4 Å². The molecule has 0 amide bonds. The summed E-state index contributed by atoms with van der Waals surface area (Å²) in [6.45, 7) is 12.1. The normalized spacial score (nSPS) is 12.2. The van der Waals surface area contributed by atoms with Gasteiger partial charge in [0.05, 0.1) is 26.2 Å². The average Bonchev–Trinajstić information content (AvgIpc) is 2.83. The molecule has 34 heavy (non-hydrogen) atoms. The third-order valence-electron chi connectivity index (χ3n) is 7.43. The summed E-state index contributed by atoms with van der Waals surface area (Å²) in [5.41, 5.74) is 0. The first kappa shape index (κ1) is 36.5. The van der Waals surface area contributed by atoms with Gasteiger partial charge in [0.25, 0.3) is 0 Å². The highest BCUT2D eigenvalue weighted by molar-refractivity contribution is 6.60. The van der Waals surface area contributed by atoms with Crippen molar-refractivity contribution in [2.75, 3.05) is 47.5 Å². The Bertz CT molecular complexity index is 397.